The van der Waals surface area contributed by atoms with Gasteiger partial charge in [0.05, 0.1) is 27.6 Å². The number of benzene rings is 3. The van der Waals surface area contributed by atoms with Crippen LogP contribution in [-0.4, -0.2) is 13.8 Å². The smallest absolute Gasteiger partial charge is 0.220 e. The third-order valence-corrected chi connectivity index (χ3v) is 4.66. The van der Waals surface area contributed by atoms with E-state index in [0.717, 1.165) is 16.8 Å². The quantitative estimate of drug-likeness (QED) is 0.402. The maximum Gasteiger partial charge on any atom is 0.220 e. The highest BCUT2D eigenvalue weighted by Crippen LogP contribution is 2.36. The lowest BCUT2D eigenvalue weighted by molar-refractivity contribution is 1.21. The molecule has 3 heteroatoms. The summed E-state index contributed by atoms with van der Waals surface area (Å²) in [5.74, 6) is 0.994. The summed E-state index contributed by atoms with van der Waals surface area (Å²) in [7, 11) is 0. The average molecular weight is 281 g/mol. The highest BCUT2D eigenvalue weighted by atomic mass is 15.2. The first kappa shape index (κ1) is 10.6. The number of aromatic nitrogens is 3. The zero-order valence-corrected chi connectivity index (χ0v) is 11.7. The standard InChI is InChI=1S/C19H11N3/c1-3-9-15-12(6-1)13-7-5-11-17-18(13)22(15)19-20-14-8-2-4-10-16(14)21(17)19/h1-11H. The molecule has 0 bridgehead atoms. The van der Waals surface area contributed by atoms with Gasteiger partial charge in [-0.25, -0.2) is 4.98 Å². The number of para-hydroxylation sites is 4. The maximum absolute atomic E-state index is 4.88. The molecule has 0 radical (unpaired) electrons. The molecule has 3 aromatic heterocycles. The molecule has 0 aliphatic rings. The predicted octanol–water partition coefficient (Wildman–Crippen LogP) is 4.48. The number of hydrogen-bond acceptors (Lipinski definition) is 1. The molecule has 0 fully saturated rings. The molecule has 102 valence electrons. The van der Waals surface area contributed by atoms with Crippen LogP contribution < -0.4 is 0 Å². The number of fused-ring (bicyclic) bond motifs is 8. The van der Waals surface area contributed by atoms with E-state index in [1.807, 2.05) is 6.07 Å². The summed E-state index contributed by atoms with van der Waals surface area (Å²) in [6, 6.07) is 23.4. The molecule has 0 N–H and O–H groups in total. The van der Waals surface area contributed by atoms with Crippen molar-refractivity contribution in [1.29, 1.82) is 0 Å². The van der Waals surface area contributed by atoms with Crippen LogP contribution in [0.25, 0.3) is 44.1 Å². The molecule has 6 aromatic rings. The topological polar surface area (TPSA) is 21.7 Å². The number of imidazole rings is 2. The van der Waals surface area contributed by atoms with E-state index in [9.17, 15) is 0 Å². The Morgan fingerprint density at radius 1 is 0.591 bits per heavy atom. The van der Waals surface area contributed by atoms with Crippen LogP contribution in [0.1, 0.15) is 0 Å². The second-order valence-electron chi connectivity index (χ2n) is 5.76. The van der Waals surface area contributed by atoms with E-state index in [1.165, 1.54) is 27.3 Å². The van der Waals surface area contributed by atoms with Crippen LogP contribution in [0.4, 0.5) is 0 Å². The zero-order valence-electron chi connectivity index (χ0n) is 11.7. The Kier molecular flexibility index (Phi) is 1.64. The van der Waals surface area contributed by atoms with Crippen LogP contribution in [0.5, 0.6) is 0 Å². The lowest BCUT2D eigenvalue weighted by atomic mass is 10.1. The van der Waals surface area contributed by atoms with E-state index >= 15 is 0 Å². The SMILES string of the molecule is c1ccc2c(c1)nc1n2c2cccc3c4ccccc4n1c32. The fourth-order valence-electron chi connectivity index (χ4n) is 3.79. The van der Waals surface area contributed by atoms with E-state index in [2.05, 4.69) is 69.5 Å². The van der Waals surface area contributed by atoms with Crippen molar-refractivity contribution >= 4 is 44.1 Å². The Morgan fingerprint density at radius 2 is 1.32 bits per heavy atom. The molecular formula is C19H11N3. The van der Waals surface area contributed by atoms with E-state index in [1.54, 1.807) is 0 Å². The first-order valence-electron chi connectivity index (χ1n) is 7.44. The van der Waals surface area contributed by atoms with Gasteiger partial charge < -0.3 is 0 Å². The summed E-state index contributed by atoms with van der Waals surface area (Å²) in [5, 5.41) is 2.58. The van der Waals surface area contributed by atoms with Gasteiger partial charge in [0, 0.05) is 10.8 Å². The highest BCUT2D eigenvalue weighted by molar-refractivity contribution is 6.15. The summed E-state index contributed by atoms with van der Waals surface area (Å²) in [4.78, 5) is 4.88. The minimum absolute atomic E-state index is 0.994. The molecule has 0 atom stereocenters. The maximum atomic E-state index is 4.88. The Labute approximate surface area is 125 Å². The van der Waals surface area contributed by atoms with Crippen molar-refractivity contribution in [1.82, 2.24) is 13.8 Å². The van der Waals surface area contributed by atoms with Gasteiger partial charge in [-0.15, -0.1) is 0 Å². The Hall–Kier alpha value is -3.07. The third kappa shape index (κ3) is 1.02. The summed E-state index contributed by atoms with van der Waals surface area (Å²) in [6.07, 6.45) is 0. The predicted molar refractivity (Wildman–Crippen MR) is 89.9 cm³/mol. The lowest BCUT2D eigenvalue weighted by Gasteiger charge is -1.95. The van der Waals surface area contributed by atoms with Crippen molar-refractivity contribution in [3.05, 3.63) is 66.7 Å². The molecule has 0 spiro atoms. The van der Waals surface area contributed by atoms with Gasteiger partial charge in [-0.1, -0.05) is 42.5 Å². The minimum atomic E-state index is 0.994. The Bertz CT molecular complexity index is 1320. The van der Waals surface area contributed by atoms with E-state index < -0.39 is 0 Å². The minimum Gasteiger partial charge on any atom is -0.277 e. The first-order chi connectivity index (χ1) is 10.9. The van der Waals surface area contributed by atoms with Gasteiger partial charge in [0.2, 0.25) is 5.78 Å². The van der Waals surface area contributed by atoms with Crippen LogP contribution in [0.15, 0.2) is 66.7 Å². The van der Waals surface area contributed by atoms with Gasteiger partial charge >= 0.3 is 0 Å². The van der Waals surface area contributed by atoms with Crippen molar-refractivity contribution < 1.29 is 0 Å². The highest BCUT2D eigenvalue weighted by Gasteiger charge is 2.19. The molecule has 3 aromatic carbocycles. The normalized spacial score (nSPS) is 12.5. The van der Waals surface area contributed by atoms with Crippen LogP contribution in [0.2, 0.25) is 0 Å². The fraction of sp³-hybridized carbons (Fsp3) is 0. The third-order valence-electron chi connectivity index (χ3n) is 4.66. The van der Waals surface area contributed by atoms with Crippen molar-refractivity contribution in [2.45, 2.75) is 0 Å². The number of nitrogens with zero attached hydrogens (tertiary/aromatic N) is 3. The van der Waals surface area contributed by atoms with Gasteiger partial charge in [0.15, 0.2) is 0 Å². The van der Waals surface area contributed by atoms with Crippen molar-refractivity contribution in [3.8, 4) is 0 Å². The Morgan fingerprint density at radius 3 is 2.27 bits per heavy atom. The zero-order chi connectivity index (χ0) is 14.3. The second-order valence-corrected chi connectivity index (χ2v) is 5.76. The van der Waals surface area contributed by atoms with Gasteiger partial charge in [0.1, 0.15) is 0 Å². The summed E-state index contributed by atoms with van der Waals surface area (Å²) in [6.45, 7) is 0. The number of hydrogen-bond donors (Lipinski definition) is 0. The molecule has 0 saturated heterocycles. The lowest BCUT2D eigenvalue weighted by Crippen LogP contribution is -1.83. The number of rotatable bonds is 0. The molecular weight excluding hydrogens is 270 g/mol. The Balaban J connectivity index is 2.10. The fourth-order valence-corrected chi connectivity index (χ4v) is 3.79. The molecule has 0 aliphatic heterocycles. The van der Waals surface area contributed by atoms with E-state index in [0.29, 0.717) is 0 Å². The molecule has 3 heterocycles. The van der Waals surface area contributed by atoms with Gasteiger partial charge in [-0.2, -0.15) is 0 Å². The largest absolute Gasteiger partial charge is 0.277 e. The van der Waals surface area contributed by atoms with Gasteiger partial charge in [0.25, 0.3) is 0 Å². The van der Waals surface area contributed by atoms with Crippen LogP contribution in [0.3, 0.4) is 0 Å². The molecule has 0 saturated carbocycles. The van der Waals surface area contributed by atoms with Crippen LogP contribution in [-0.2, 0) is 0 Å². The van der Waals surface area contributed by atoms with Crippen molar-refractivity contribution in [2.24, 2.45) is 0 Å². The molecule has 0 unspecified atom stereocenters. The van der Waals surface area contributed by atoms with E-state index in [4.69, 9.17) is 4.98 Å². The van der Waals surface area contributed by atoms with Crippen LogP contribution in [0, 0.1) is 0 Å². The second kappa shape index (κ2) is 3.39. The summed E-state index contributed by atoms with van der Waals surface area (Å²) < 4.78 is 4.56. The molecule has 0 aliphatic carbocycles. The molecule has 22 heavy (non-hydrogen) atoms. The first-order valence-corrected chi connectivity index (χ1v) is 7.44. The molecule has 3 nitrogen and oxygen atoms in total. The average Bonchev–Trinajstić information content (AvgIpc) is 3.19. The van der Waals surface area contributed by atoms with Crippen LogP contribution >= 0.6 is 0 Å². The molecule has 0 amide bonds. The van der Waals surface area contributed by atoms with Gasteiger partial charge in [-0.3, -0.25) is 8.80 Å². The monoisotopic (exact) mass is 281 g/mol. The van der Waals surface area contributed by atoms with Gasteiger partial charge in [-0.05, 0) is 24.3 Å². The molecule has 6 rings (SSSR count). The van der Waals surface area contributed by atoms with E-state index in [-0.39, 0.29) is 0 Å². The summed E-state index contributed by atoms with van der Waals surface area (Å²) in [5.41, 5.74) is 5.91. The summed E-state index contributed by atoms with van der Waals surface area (Å²) >= 11 is 0. The van der Waals surface area contributed by atoms with Crippen molar-refractivity contribution in [3.63, 3.8) is 0 Å². The van der Waals surface area contributed by atoms with Crippen molar-refractivity contribution in [2.75, 3.05) is 0 Å².